The van der Waals surface area contributed by atoms with Crippen molar-refractivity contribution in [3.05, 3.63) is 89.5 Å². The SMILES string of the molecule is CC.CC.CC1=C(c2ccc(O)cc2)C(c2ccc(OCC[NH+]3CCCCC3)cc2)Oc2ccccc21. The number of aromatic hydroxyl groups is 1. The zero-order valence-corrected chi connectivity index (χ0v) is 23.2. The molecule has 3 aromatic rings. The number of quaternary nitrogens is 1. The largest absolute Gasteiger partial charge is 0.508 e. The molecule has 5 rings (SSSR count). The first-order chi connectivity index (χ1) is 18.2. The van der Waals surface area contributed by atoms with Crippen molar-refractivity contribution < 1.29 is 19.5 Å². The summed E-state index contributed by atoms with van der Waals surface area (Å²) >= 11 is 0. The minimum Gasteiger partial charge on any atom is -0.508 e. The van der Waals surface area contributed by atoms with Gasteiger partial charge in [0.15, 0.2) is 0 Å². The van der Waals surface area contributed by atoms with E-state index in [0.29, 0.717) is 0 Å². The average molecular weight is 503 g/mol. The van der Waals surface area contributed by atoms with Gasteiger partial charge in [-0.05, 0) is 73.2 Å². The Kier molecular flexibility index (Phi) is 11.1. The van der Waals surface area contributed by atoms with E-state index in [1.54, 1.807) is 17.0 Å². The van der Waals surface area contributed by atoms with Gasteiger partial charge in [0.2, 0.25) is 0 Å². The molecule has 0 aromatic heterocycles. The molecule has 2 aliphatic rings. The van der Waals surface area contributed by atoms with Gasteiger partial charge >= 0.3 is 0 Å². The monoisotopic (exact) mass is 502 g/mol. The molecule has 0 radical (unpaired) electrons. The number of ether oxygens (including phenoxy) is 2. The first kappa shape index (κ1) is 28.3. The normalized spacial score (nSPS) is 16.8. The van der Waals surface area contributed by atoms with Crippen LogP contribution in [0, 0.1) is 0 Å². The highest BCUT2D eigenvalue weighted by Gasteiger charge is 2.29. The lowest BCUT2D eigenvalue weighted by atomic mass is 9.86. The first-order valence-electron chi connectivity index (χ1n) is 14.0. The minimum absolute atomic E-state index is 0.226. The molecule has 1 saturated heterocycles. The minimum atomic E-state index is -0.226. The Hall–Kier alpha value is -3.24. The number of hydrogen-bond acceptors (Lipinski definition) is 3. The molecule has 0 bridgehead atoms. The summed E-state index contributed by atoms with van der Waals surface area (Å²) in [5.74, 6) is 2.06. The maximum atomic E-state index is 9.78. The summed E-state index contributed by atoms with van der Waals surface area (Å²) in [6, 6.07) is 23.9. The maximum absolute atomic E-state index is 9.78. The van der Waals surface area contributed by atoms with E-state index in [0.717, 1.165) is 46.9 Å². The fourth-order valence-electron chi connectivity index (χ4n) is 5.00. The van der Waals surface area contributed by atoms with E-state index in [-0.39, 0.29) is 11.9 Å². The highest BCUT2D eigenvalue weighted by molar-refractivity contribution is 5.95. The van der Waals surface area contributed by atoms with Crippen LogP contribution in [0.2, 0.25) is 0 Å². The molecule has 0 amide bonds. The van der Waals surface area contributed by atoms with E-state index in [2.05, 4.69) is 37.3 Å². The van der Waals surface area contributed by atoms with Crippen LogP contribution < -0.4 is 14.4 Å². The van der Waals surface area contributed by atoms with E-state index in [1.165, 1.54) is 37.9 Å². The van der Waals surface area contributed by atoms with E-state index < -0.39 is 0 Å². The van der Waals surface area contributed by atoms with Crippen LogP contribution in [0.1, 0.15) is 76.7 Å². The summed E-state index contributed by atoms with van der Waals surface area (Å²) in [4.78, 5) is 1.66. The van der Waals surface area contributed by atoms with Gasteiger partial charge < -0.3 is 19.5 Å². The lowest BCUT2D eigenvalue weighted by Gasteiger charge is -2.31. The second-order valence-corrected chi connectivity index (χ2v) is 9.06. The Morgan fingerprint density at radius 1 is 0.838 bits per heavy atom. The Morgan fingerprint density at radius 3 is 2.16 bits per heavy atom. The summed E-state index contributed by atoms with van der Waals surface area (Å²) in [5, 5.41) is 9.78. The molecular formula is C33H44NO3+. The predicted octanol–water partition coefficient (Wildman–Crippen LogP) is 6.96. The third-order valence-electron chi connectivity index (χ3n) is 6.85. The zero-order valence-electron chi connectivity index (χ0n) is 23.2. The number of likely N-dealkylation sites (tertiary alicyclic amines) is 1. The van der Waals surface area contributed by atoms with Crippen molar-refractivity contribution in [2.24, 2.45) is 0 Å². The summed E-state index contributed by atoms with van der Waals surface area (Å²) in [6.45, 7) is 14.5. The van der Waals surface area contributed by atoms with Crippen LogP contribution in [0.25, 0.3) is 11.1 Å². The summed E-state index contributed by atoms with van der Waals surface area (Å²) < 4.78 is 12.6. The van der Waals surface area contributed by atoms with Gasteiger partial charge in [-0.1, -0.05) is 70.2 Å². The number of para-hydroxylation sites is 1. The number of phenolic OH excluding ortho intramolecular Hbond substituents is 1. The van der Waals surface area contributed by atoms with E-state index >= 15 is 0 Å². The molecule has 4 heteroatoms. The quantitative estimate of drug-likeness (QED) is 0.383. The molecule has 0 aliphatic carbocycles. The van der Waals surface area contributed by atoms with Crippen molar-refractivity contribution in [3.63, 3.8) is 0 Å². The van der Waals surface area contributed by atoms with Crippen LogP contribution in [0.15, 0.2) is 72.8 Å². The first-order valence-corrected chi connectivity index (χ1v) is 14.0. The lowest BCUT2D eigenvalue weighted by molar-refractivity contribution is -0.904. The molecule has 0 saturated carbocycles. The van der Waals surface area contributed by atoms with Gasteiger partial charge in [0.05, 0.1) is 13.1 Å². The fourth-order valence-corrected chi connectivity index (χ4v) is 5.00. The van der Waals surface area contributed by atoms with Crippen LogP contribution in [0.3, 0.4) is 0 Å². The summed E-state index contributed by atoms with van der Waals surface area (Å²) in [6.07, 6.45) is 3.83. The molecule has 1 fully saturated rings. The second-order valence-electron chi connectivity index (χ2n) is 9.06. The number of fused-ring (bicyclic) bond motifs is 1. The summed E-state index contributed by atoms with van der Waals surface area (Å²) in [7, 11) is 0. The van der Waals surface area contributed by atoms with E-state index in [1.807, 2.05) is 58.0 Å². The van der Waals surface area contributed by atoms with Crippen LogP contribution in [-0.4, -0.2) is 31.3 Å². The molecule has 2 aliphatic heterocycles. The Balaban J connectivity index is 0.000000907. The molecule has 0 spiro atoms. The van der Waals surface area contributed by atoms with Gasteiger partial charge in [-0.3, -0.25) is 0 Å². The van der Waals surface area contributed by atoms with Crippen LogP contribution in [-0.2, 0) is 0 Å². The Labute approximate surface area is 223 Å². The molecule has 1 atom stereocenters. The number of phenols is 1. The van der Waals surface area contributed by atoms with Gasteiger partial charge in [0, 0.05) is 11.1 Å². The third-order valence-corrected chi connectivity index (χ3v) is 6.85. The average Bonchev–Trinajstić information content (AvgIpc) is 2.97. The van der Waals surface area contributed by atoms with Crippen molar-refractivity contribution in [2.45, 2.75) is 60.0 Å². The van der Waals surface area contributed by atoms with Crippen molar-refractivity contribution in [1.29, 1.82) is 0 Å². The number of piperidine rings is 1. The van der Waals surface area contributed by atoms with Gasteiger partial charge in [0.25, 0.3) is 0 Å². The lowest BCUT2D eigenvalue weighted by Crippen LogP contribution is -3.13. The van der Waals surface area contributed by atoms with Crippen molar-refractivity contribution in [1.82, 2.24) is 0 Å². The topological polar surface area (TPSA) is 43.1 Å². The molecular weight excluding hydrogens is 458 g/mol. The molecule has 2 heterocycles. The number of benzene rings is 3. The van der Waals surface area contributed by atoms with Crippen LogP contribution in [0.4, 0.5) is 0 Å². The van der Waals surface area contributed by atoms with Gasteiger partial charge in [-0.25, -0.2) is 0 Å². The third kappa shape index (κ3) is 7.17. The Morgan fingerprint density at radius 2 is 1.49 bits per heavy atom. The van der Waals surface area contributed by atoms with E-state index in [9.17, 15) is 5.11 Å². The van der Waals surface area contributed by atoms with Crippen LogP contribution in [0.5, 0.6) is 17.2 Å². The predicted molar refractivity (Wildman–Crippen MR) is 154 cm³/mol. The van der Waals surface area contributed by atoms with E-state index in [4.69, 9.17) is 9.47 Å². The standard InChI is InChI=1S/C29H31NO3.2C2H6/c1-21-26-7-3-4-8-27(26)33-29(28(21)22-9-13-24(31)14-10-22)23-11-15-25(16-12-23)32-20-19-30-17-5-2-6-18-30;2*1-2/h3-4,7-16,29,31H,2,5-6,17-20H2,1H3;2*1-2H3/p+1. The Bertz CT molecular complexity index is 1110. The molecule has 4 nitrogen and oxygen atoms in total. The van der Waals surface area contributed by atoms with Gasteiger partial charge in [-0.2, -0.15) is 0 Å². The molecule has 2 N–H and O–H groups in total. The molecule has 37 heavy (non-hydrogen) atoms. The van der Waals surface area contributed by atoms with Crippen molar-refractivity contribution in [3.8, 4) is 17.2 Å². The number of rotatable bonds is 6. The van der Waals surface area contributed by atoms with Crippen LogP contribution >= 0.6 is 0 Å². The van der Waals surface area contributed by atoms with Crippen molar-refractivity contribution >= 4 is 11.1 Å². The summed E-state index contributed by atoms with van der Waals surface area (Å²) in [5.41, 5.74) is 5.56. The number of nitrogens with one attached hydrogen (secondary N) is 1. The van der Waals surface area contributed by atoms with Crippen molar-refractivity contribution in [2.75, 3.05) is 26.2 Å². The fraction of sp³-hybridized carbons (Fsp3) is 0.394. The molecule has 1 unspecified atom stereocenters. The zero-order chi connectivity index (χ0) is 26.6. The molecule has 3 aromatic carbocycles. The molecule has 198 valence electrons. The number of allylic oxidation sites excluding steroid dienone is 1. The van der Waals surface area contributed by atoms with Gasteiger partial charge in [0.1, 0.15) is 36.5 Å². The highest BCUT2D eigenvalue weighted by atomic mass is 16.5. The second kappa shape index (κ2) is 14.5. The maximum Gasteiger partial charge on any atom is 0.150 e. The van der Waals surface area contributed by atoms with Gasteiger partial charge in [-0.15, -0.1) is 0 Å². The smallest absolute Gasteiger partial charge is 0.150 e. The highest BCUT2D eigenvalue weighted by Crippen LogP contribution is 2.46. The number of hydrogen-bond donors (Lipinski definition) is 2.